The molecule has 0 saturated heterocycles. The summed E-state index contributed by atoms with van der Waals surface area (Å²) in [5.74, 6) is -1.35. The van der Waals surface area contributed by atoms with Gasteiger partial charge in [0.1, 0.15) is 5.01 Å². The Bertz CT molecular complexity index is 595. The van der Waals surface area contributed by atoms with Gasteiger partial charge in [-0.25, -0.2) is 0 Å². The molecule has 1 heterocycles. The maximum absolute atomic E-state index is 10.9. The number of benzene rings is 1. The lowest BCUT2D eigenvalue weighted by atomic mass is 9.97. The van der Waals surface area contributed by atoms with E-state index in [1.54, 1.807) is 13.0 Å². The summed E-state index contributed by atoms with van der Waals surface area (Å²) >= 11 is 1.31. The van der Waals surface area contributed by atoms with Gasteiger partial charge in [-0.05, 0) is 25.0 Å². The molecule has 0 aliphatic heterocycles. The minimum absolute atomic E-state index is 0.424. The minimum Gasteiger partial charge on any atom is -0.481 e. The van der Waals surface area contributed by atoms with E-state index in [1.807, 2.05) is 19.1 Å². The van der Waals surface area contributed by atoms with Crippen LogP contribution in [0.1, 0.15) is 24.0 Å². The Labute approximate surface area is 108 Å². The van der Waals surface area contributed by atoms with E-state index in [0.717, 1.165) is 21.7 Å². The van der Waals surface area contributed by atoms with Crippen LogP contribution in [0.3, 0.4) is 0 Å². The third kappa shape index (κ3) is 2.33. The van der Waals surface area contributed by atoms with Crippen LogP contribution in [0.2, 0.25) is 0 Å². The summed E-state index contributed by atoms with van der Waals surface area (Å²) in [6, 6.07) is 5.54. The van der Waals surface area contributed by atoms with Crippen LogP contribution in [0, 0.1) is 6.92 Å². The predicted octanol–water partition coefficient (Wildman–Crippen LogP) is 2.28. The Morgan fingerprint density at radius 2 is 2.17 bits per heavy atom. The van der Waals surface area contributed by atoms with Crippen molar-refractivity contribution in [1.29, 1.82) is 0 Å². The molecule has 1 unspecified atom stereocenters. The summed E-state index contributed by atoms with van der Waals surface area (Å²) in [7, 11) is 0. The van der Waals surface area contributed by atoms with Crippen LogP contribution in [0.5, 0.6) is 0 Å². The van der Waals surface area contributed by atoms with Crippen LogP contribution in [0.15, 0.2) is 18.2 Å². The number of carboxylic acid groups (broad SMARTS) is 1. The highest BCUT2D eigenvalue weighted by Crippen LogP contribution is 2.29. The van der Waals surface area contributed by atoms with E-state index in [-0.39, 0.29) is 0 Å². The molecular weight excluding hydrogens is 250 g/mol. The predicted molar refractivity (Wildman–Crippen MR) is 70.5 cm³/mol. The number of aromatic nitrogens is 2. The van der Waals surface area contributed by atoms with Crippen LogP contribution in [0.4, 0.5) is 5.13 Å². The van der Waals surface area contributed by atoms with Crippen molar-refractivity contribution in [3.05, 3.63) is 29.3 Å². The highest BCUT2D eigenvalue weighted by Gasteiger charge is 2.15. The maximum atomic E-state index is 10.9. The van der Waals surface area contributed by atoms with Crippen molar-refractivity contribution in [2.24, 2.45) is 0 Å². The van der Waals surface area contributed by atoms with E-state index in [0.29, 0.717) is 5.13 Å². The zero-order valence-electron chi connectivity index (χ0n) is 10.0. The highest BCUT2D eigenvalue weighted by atomic mass is 32.1. The highest BCUT2D eigenvalue weighted by molar-refractivity contribution is 7.18. The Balaban J connectivity index is 2.39. The molecule has 1 aromatic carbocycles. The van der Waals surface area contributed by atoms with Crippen molar-refractivity contribution in [1.82, 2.24) is 10.2 Å². The first-order valence-corrected chi connectivity index (χ1v) is 6.23. The maximum Gasteiger partial charge on any atom is 0.310 e. The molecule has 2 aromatic rings. The minimum atomic E-state index is -0.831. The van der Waals surface area contributed by atoms with E-state index in [1.165, 1.54) is 11.3 Å². The van der Waals surface area contributed by atoms with Crippen molar-refractivity contribution >= 4 is 22.4 Å². The van der Waals surface area contributed by atoms with Gasteiger partial charge in [-0.15, -0.1) is 10.2 Å². The number of carbonyl (C=O) groups is 1. The molecule has 0 saturated carbocycles. The molecule has 5 nitrogen and oxygen atoms in total. The van der Waals surface area contributed by atoms with Crippen LogP contribution < -0.4 is 5.73 Å². The third-order valence-corrected chi connectivity index (χ3v) is 3.58. The third-order valence-electron chi connectivity index (χ3n) is 2.79. The van der Waals surface area contributed by atoms with E-state index in [2.05, 4.69) is 10.2 Å². The largest absolute Gasteiger partial charge is 0.481 e. The summed E-state index contributed by atoms with van der Waals surface area (Å²) in [6.07, 6.45) is 0. The second-order valence-electron chi connectivity index (χ2n) is 4.08. The van der Waals surface area contributed by atoms with Crippen molar-refractivity contribution < 1.29 is 9.90 Å². The lowest BCUT2D eigenvalue weighted by Crippen LogP contribution is -2.07. The molecule has 0 spiro atoms. The first-order valence-electron chi connectivity index (χ1n) is 5.41. The Hall–Kier alpha value is -1.95. The quantitative estimate of drug-likeness (QED) is 0.886. The van der Waals surface area contributed by atoms with Gasteiger partial charge in [-0.1, -0.05) is 29.5 Å². The first kappa shape index (κ1) is 12.5. The monoisotopic (exact) mass is 263 g/mol. The summed E-state index contributed by atoms with van der Waals surface area (Å²) in [6.45, 7) is 3.59. The number of nitrogen functional groups attached to an aromatic ring is 1. The van der Waals surface area contributed by atoms with Gasteiger partial charge in [0.2, 0.25) is 5.13 Å². The second kappa shape index (κ2) is 4.73. The fourth-order valence-electron chi connectivity index (χ4n) is 1.68. The fraction of sp³-hybridized carbons (Fsp3) is 0.250. The number of anilines is 1. The zero-order chi connectivity index (χ0) is 13.3. The summed E-state index contributed by atoms with van der Waals surface area (Å²) < 4.78 is 0. The van der Waals surface area contributed by atoms with Gasteiger partial charge in [-0.2, -0.15) is 0 Å². The normalized spacial score (nSPS) is 12.3. The van der Waals surface area contributed by atoms with Crippen LogP contribution in [-0.4, -0.2) is 21.3 Å². The number of hydrogen-bond donors (Lipinski definition) is 2. The van der Waals surface area contributed by atoms with Gasteiger partial charge in [0.25, 0.3) is 0 Å². The van der Waals surface area contributed by atoms with Gasteiger partial charge < -0.3 is 10.8 Å². The molecule has 6 heteroatoms. The number of aliphatic carboxylic acids is 1. The van der Waals surface area contributed by atoms with Crippen molar-refractivity contribution in [3.8, 4) is 10.6 Å². The zero-order valence-corrected chi connectivity index (χ0v) is 10.9. The van der Waals surface area contributed by atoms with E-state index >= 15 is 0 Å². The number of nitrogens with zero attached hydrogens (tertiary/aromatic N) is 2. The number of aryl methyl sites for hydroxylation is 1. The smallest absolute Gasteiger partial charge is 0.310 e. The van der Waals surface area contributed by atoms with Crippen molar-refractivity contribution in [2.45, 2.75) is 19.8 Å². The molecule has 1 aromatic heterocycles. The molecular formula is C12H13N3O2S. The lowest BCUT2D eigenvalue weighted by molar-refractivity contribution is -0.138. The molecule has 0 radical (unpaired) electrons. The average Bonchev–Trinajstić information content (AvgIpc) is 2.74. The van der Waals surface area contributed by atoms with E-state index in [9.17, 15) is 4.79 Å². The number of carboxylic acids is 1. The molecule has 3 N–H and O–H groups in total. The van der Waals surface area contributed by atoms with Crippen LogP contribution in [-0.2, 0) is 4.79 Å². The molecule has 0 amide bonds. The van der Waals surface area contributed by atoms with Gasteiger partial charge in [-0.3, -0.25) is 4.79 Å². The van der Waals surface area contributed by atoms with Gasteiger partial charge >= 0.3 is 5.97 Å². The fourth-order valence-corrected chi connectivity index (χ4v) is 2.38. The topological polar surface area (TPSA) is 89.1 Å². The van der Waals surface area contributed by atoms with Crippen LogP contribution >= 0.6 is 11.3 Å². The summed E-state index contributed by atoms with van der Waals surface area (Å²) in [5.41, 5.74) is 8.23. The summed E-state index contributed by atoms with van der Waals surface area (Å²) in [4.78, 5) is 10.9. The van der Waals surface area contributed by atoms with E-state index < -0.39 is 11.9 Å². The molecule has 18 heavy (non-hydrogen) atoms. The number of hydrogen-bond acceptors (Lipinski definition) is 5. The molecule has 94 valence electrons. The Kier molecular flexibility index (Phi) is 3.29. The lowest BCUT2D eigenvalue weighted by Gasteiger charge is -2.09. The van der Waals surface area contributed by atoms with Crippen molar-refractivity contribution in [2.75, 3.05) is 5.73 Å². The van der Waals surface area contributed by atoms with Gasteiger partial charge in [0.05, 0.1) is 5.92 Å². The molecule has 2 rings (SSSR count). The summed E-state index contributed by atoms with van der Waals surface area (Å²) in [5, 5.41) is 17.9. The number of nitrogens with two attached hydrogens (primary N) is 1. The first-order chi connectivity index (χ1) is 8.49. The van der Waals surface area contributed by atoms with Crippen molar-refractivity contribution in [3.63, 3.8) is 0 Å². The second-order valence-corrected chi connectivity index (χ2v) is 5.09. The average molecular weight is 263 g/mol. The van der Waals surface area contributed by atoms with Gasteiger partial charge in [0.15, 0.2) is 0 Å². The number of rotatable bonds is 3. The standard InChI is InChI=1S/C12H13N3O2S/c1-6-5-8(7(2)11(16)17)3-4-9(6)10-14-15-12(13)18-10/h3-5,7H,1-2H3,(H2,13,15)(H,16,17). The molecule has 0 fully saturated rings. The molecule has 0 aliphatic rings. The SMILES string of the molecule is Cc1cc(C(C)C(=O)O)ccc1-c1nnc(N)s1. The molecule has 0 bridgehead atoms. The molecule has 0 aliphatic carbocycles. The van der Waals surface area contributed by atoms with Crippen LogP contribution in [0.25, 0.3) is 10.6 Å². The molecule has 1 atom stereocenters. The van der Waals surface area contributed by atoms with E-state index in [4.69, 9.17) is 10.8 Å². The Morgan fingerprint density at radius 1 is 1.44 bits per heavy atom. The Morgan fingerprint density at radius 3 is 2.67 bits per heavy atom. The van der Waals surface area contributed by atoms with Gasteiger partial charge in [0, 0.05) is 5.56 Å².